The molecule has 6 rings (SSSR count). The van der Waals surface area contributed by atoms with Crippen LogP contribution in [0, 0.1) is 0 Å². The van der Waals surface area contributed by atoms with Gasteiger partial charge in [0.25, 0.3) is 0 Å². The molecule has 0 unspecified atom stereocenters. The first kappa shape index (κ1) is 19.1. The van der Waals surface area contributed by atoms with Gasteiger partial charge in [-0.2, -0.15) is 5.01 Å². The van der Waals surface area contributed by atoms with Crippen molar-refractivity contribution in [2.75, 3.05) is 0 Å². The fourth-order valence-corrected chi connectivity index (χ4v) is 4.73. The summed E-state index contributed by atoms with van der Waals surface area (Å²) in [6, 6.07) is 32.4. The summed E-state index contributed by atoms with van der Waals surface area (Å²) in [4.78, 5) is 0. The van der Waals surface area contributed by atoms with Gasteiger partial charge in [-0.25, -0.2) is 0 Å². The molecule has 0 aliphatic carbocycles. The Morgan fingerprint density at radius 3 is 2.38 bits per heavy atom. The molecular formula is C29H26N2O. The lowest BCUT2D eigenvalue weighted by Gasteiger charge is -2.39. The van der Waals surface area contributed by atoms with Crippen LogP contribution < -0.4 is 10.2 Å². The zero-order chi connectivity index (χ0) is 21.7. The molecule has 3 nitrogen and oxygen atoms in total. The largest absolute Gasteiger partial charge is 0.469 e. The Kier molecular flexibility index (Phi) is 4.51. The van der Waals surface area contributed by atoms with E-state index in [2.05, 4.69) is 115 Å². The van der Waals surface area contributed by atoms with Gasteiger partial charge in [0.15, 0.2) is 6.23 Å². The van der Waals surface area contributed by atoms with E-state index in [1.54, 1.807) is 0 Å². The Morgan fingerprint density at radius 1 is 0.812 bits per heavy atom. The van der Waals surface area contributed by atoms with Gasteiger partial charge in [0, 0.05) is 11.1 Å². The van der Waals surface area contributed by atoms with Crippen LogP contribution in [0.15, 0.2) is 97.1 Å². The average molecular weight is 419 g/mol. The maximum absolute atomic E-state index is 6.52. The number of para-hydroxylation sites is 1. The Hall–Kier alpha value is -3.56. The minimum atomic E-state index is -0.203. The zero-order valence-electron chi connectivity index (χ0n) is 18.3. The van der Waals surface area contributed by atoms with E-state index >= 15 is 0 Å². The second-order valence-electron chi connectivity index (χ2n) is 8.94. The second-order valence-corrected chi connectivity index (χ2v) is 8.94. The highest BCUT2D eigenvalue weighted by atomic mass is 16.5. The summed E-state index contributed by atoms with van der Waals surface area (Å²) in [5, 5.41) is 4.73. The third kappa shape index (κ3) is 3.17. The minimum Gasteiger partial charge on any atom is -0.469 e. The van der Waals surface area contributed by atoms with Gasteiger partial charge in [-0.15, -0.1) is 0 Å². The Balaban J connectivity index is 1.40. The molecule has 2 aliphatic rings. The summed E-state index contributed by atoms with van der Waals surface area (Å²) >= 11 is 0. The van der Waals surface area contributed by atoms with E-state index in [9.17, 15) is 0 Å². The molecule has 1 N–H and O–H groups in total. The highest BCUT2D eigenvalue weighted by Crippen LogP contribution is 2.46. The SMILES string of the molecule is CC(C)c1ccc([C@H]2Oc3ccccc3[C@@H]3C=C(c4ccc5ccccc5c4)NN23)cc1. The van der Waals surface area contributed by atoms with Crippen molar-refractivity contribution in [1.82, 2.24) is 10.4 Å². The van der Waals surface area contributed by atoms with Crippen LogP contribution in [0.2, 0.25) is 0 Å². The molecule has 3 heteroatoms. The van der Waals surface area contributed by atoms with E-state index in [1.807, 2.05) is 6.07 Å². The standard InChI is InChI=1S/C29H26N2O/c1-19(2)20-11-14-22(15-12-20)29-31-27(25-9-5-6-10-28(25)32-29)18-26(30-31)24-16-13-21-7-3-4-8-23(21)17-24/h3-19,27,29-30H,1-2H3/t27-,29+/m0/s1. The van der Waals surface area contributed by atoms with Gasteiger partial charge in [-0.1, -0.05) is 92.7 Å². The van der Waals surface area contributed by atoms with Gasteiger partial charge in [-0.3, -0.25) is 0 Å². The quantitative estimate of drug-likeness (QED) is 0.389. The summed E-state index contributed by atoms with van der Waals surface area (Å²) in [5.74, 6) is 1.46. The predicted octanol–water partition coefficient (Wildman–Crippen LogP) is 6.96. The van der Waals surface area contributed by atoms with Crippen LogP contribution in [0.1, 0.15) is 54.3 Å². The zero-order valence-corrected chi connectivity index (χ0v) is 18.3. The summed E-state index contributed by atoms with van der Waals surface area (Å²) in [5.41, 5.74) is 9.64. The number of benzene rings is 4. The van der Waals surface area contributed by atoms with Crippen molar-refractivity contribution in [2.45, 2.75) is 32.0 Å². The minimum absolute atomic E-state index is 0.108. The molecule has 2 heterocycles. The molecule has 2 aliphatic heterocycles. The van der Waals surface area contributed by atoms with E-state index in [4.69, 9.17) is 4.74 Å². The van der Waals surface area contributed by atoms with E-state index in [1.165, 1.54) is 27.5 Å². The lowest BCUT2D eigenvalue weighted by atomic mass is 9.98. The summed E-state index contributed by atoms with van der Waals surface area (Å²) in [7, 11) is 0. The van der Waals surface area contributed by atoms with Crippen LogP contribution in [0.3, 0.4) is 0 Å². The second kappa shape index (κ2) is 7.54. The molecule has 0 bridgehead atoms. The van der Waals surface area contributed by atoms with Gasteiger partial charge in [0.05, 0.1) is 11.7 Å². The number of nitrogens with one attached hydrogen (secondary N) is 1. The van der Waals surface area contributed by atoms with Gasteiger partial charge < -0.3 is 10.2 Å². The van der Waals surface area contributed by atoms with Crippen molar-refractivity contribution in [1.29, 1.82) is 0 Å². The average Bonchev–Trinajstić information content (AvgIpc) is 3.29. The third-order valence-corrected chi connectivity index (χ3v) is 6.55. The first-order chi connectivity index (χ1) is 15.7. The smallest absolute Gasteiger partial charge is 0.195 e. The molecule has 32 heavy (non-hydrogen) atoms. The molecule has 4 aromatic rings. The Bertz CT molecular complexity index is 1320. The number of hydrogen-bond donors (Lipinski definition) is 1. The monoisotopic (exact) mass is 418 g/mol. The lowest BCUT2D eigenvalue weighted by molar-refractivity contribution is -0.0326. The Morgan fingerprint density at radius 2 is 1.56 bits per heavy atom. The van der Waals surface area contributed by atoms with Crippen molar-refractivity contribution in [3.05, 3.63) is 119 Å². The molecule has 0 radical (unpaired) electrons. The van der Waals surface area contributed by atoms with E-state index in [0.717, 1.165) is 17.0 Å². The van der Waals surface area contributed by atoms with Crippen LogP contribution in [0.25, 0.3) is 16.5 Å². The van der Waals surface area contributed by atoms with Crippen molar-refractivity contribution in [3.63, 3.8) is 0 Å². The van der Waals surface area contributed by atoms with E-state index in [-0.39, 0.29) is 12.3 Å². The molecule has 4 aromatic carbocycles. The molecule has 0 fully saturated rings. The number of fused-ring (bicyclic) bond motifs is 4. The summed E-state index contributed by atoms with van der Waals surface area (Å²) in [6.45, 7) is 4.44. The number of nitrogens with zero attached hydrogens (tertiary/aromatic N) is 1. The van der Waals surface area contributed by atoms with Gasteiger partial charge >= 0.3 is 0 Å². The normalized spacial score (nSPS) is 19.8. The van der Waals surface area contributed by atoms with Crippen molar-refractivity contribution >= 4 is 16.5 Å². The van der Waals surface area contributed by atoms with E-state index < -0.39 is 0 Å². The maximum Gasteiger partial charge on any atom is 0.195 e. The molecule has 158 valence electrons. The highest BCUT2D eigenvalue weighted by molar-refractivity contribution is 5.86. The number of hydrazine groups is 1. The molecular weight excluding hydrogens is 392 g/mol. The number of hydrogen-bond acceptors (Lipinski definition) is 3. The third-order valence-electron chi connectivity index (χ3n) is 6.55. The maximum atomic E-state index is 6.52. The first-order valence-corrected chi connectivity index (χ1v) is 11.3. The molecule has 0 saturated heterocycles. The molecule has 0 saturated carbocycles. The molecule has 0 amide bonds. The van der Waals surface area contributed by atoms with Crippen LogP contribution in [-0.4, -0.2) is 5.01 Å². The topological polar surface area (TPSA) is 24.5 Å². The van der Waals surface area contributed by atoms with Crippen LogP contribution in [0.4, 0.5) is 0 Å². The fraction of sp³-hybridized carbons (Fsp3) is 0.172. The van der Waals surface area contributed by atoms with Crippen molar-refractivity contribution < 1.29 is 4.74 Å². The first-order valence-electron chi connectivity index (χ1n) is 11.3. The molecule has 0 aromatic heterocycles. The highest BCUT2D eigenvalue weighted by Gasteiger charge is 2.40. The van der Waals surface area contributed by atoms with Crippen LogP contribution in [0.5, 0.6) is 5.75 Å². The Labute approximate surface area is 188 Å². The van der Waals surface area contributed by atoms with Gasteiger partial charge in [0.1, 0.15) is 5.75 Å². The van der Waals surface area contributed by atoms with E-state index in [0.29, 0.717) is 5.92 Å². The predicted molar refractivity (Wildman–Crippen MR) is 130 cm³/mol. The summed E-state index contributed by atoms with van der Waals surface area (Å²) in [6.07, 6.45) is 2.12. The van der Waals surface area contributed by atoms with Crippen molar-refractivity contribution in [3.8, 4) is 5.75 Å². The van der Waals surface area contributed by atoms with Crippen LogP contribution in [-0.2, 0) is 0 Å². The summed E-state index contributed by atoms with van der Waals surface area (Å²) < 4.78 is 6.52. The number of rotatable bonds is 3. The van der Waals surface area contributed by atoms with Gasteiger partial charge in [0.2, 0.25) is 0 Å². The van der Waals surface area contributed by atoms with Crippen molar-refractivity contribution in [2.24, 2.45) is 0 Å². The lowest BCUT2D eigenvalue weighted by Crippen LogP contribution is -2.43. The van der Waals surface area contributed by atoms with Gasteiger partial charge in [-0.05, 0) is 46.0 Å². The fourth-order valence-electron chi connectivity index (χ4n) is 4.73. The molecule has 2 atom stereocenters. The number of ether oxygens (including phenoxy) is 1. The van der Waals surface area contributed by atoms with Crippen LogP contribution >= 0.6 is 0 Å². The molecule has 0 spiro atoms.